The number of aliphatic hydroxyl groups excluding tert-OH is 5. The Morgan fingerprint density at radius 3 is 1.48 bits per heavy atom. The second kappa shape index (κ2) is 38.5. The zero-order chi connectivity index (χ0) is 44.8. The van der Waals surface area contributed by atoms with E-state index in [-0.39, 0.29) is 13.0 Å². The van der Waals surface area contributed by atoms with Crippen LogP contribution in [0.4, 0.5) is 0 Å². The van der Waals surface area contributed by atoms with Gasteiger partial charge in [-0.15, -0.1) is 0 Å². The third-order valence-electron chi connectivity index (χ3n) is 10.6. The van der Waals surface area contributed by atoms with E-state index in [1.165, 1.54) is 44.9 Å². The van der Waals surface area contributed by atoms with Gasteiger partial charge in [0, 0.05) is 13.0 Å². The van der Waals surface area contributed by atoms with E-state index in [9.17, 15) is 39.8 Å². The molecule has 0 radical (unpaired) electrons. The van der Waals surface area contributed by atoms with Gasteiger partial charge in [-0.1, -0.05) is 152 Å². The lowest BCUT2D eigenvalue weighted by molar-refractivity contribution is -0.220. The Morgan fingerprint density at radius 1 is 0.541 bits per heavy atom. The zero-order valence-electron chi connectivity index (χ0n) is 37.7. The lowest BCUT2D eigenvalue weighted by atomic mass is 9.85. The number of ether oxygens (including phenoxy) is 2. The lowest BCUT2D eigenvalue weighted by Crippen LogP contribution is -2.64. The van der Waals surface area contributed by atoms with Crippen molar-refractivity contribution in [2.75, 3.05) is 19.8 Å². The highest BCUT2D eigenvalue weighted by Crippen LogP contribution is 2.47. The molecule has 0 aliphatic heterocycles. The number of unbranched alkanes of at least 4 members (excludes halogenated alkanes) is 17. The highest BCUT2D eigenvalue weighted by atomic mass is 31.2. The molecular formula is C48H85O12P. The summed E-state index contributed by atoms with van der Waals surface area (Å²) in [6, 6.07) is 0. The van der Waals surface area contributed by atoms with Gasteiger partial charge in [-0.3, -0.25) is 13.8 Å². The van der Waals surface area contributed by atoms with Crippen molar-refractivity contribution in [3.63, 3.8) is 0 Å². The predicted molar refractivity (Wildman–Crippen MR) is 244 cm³/mol. The van der Waals surface area contributed by atoms with Gasteiger partial charge in [0.2, 0.25) is 0 Å². The minimum atomic E-state index is -5.03. The molecule has 1 saturated carbocycles. The number of aliphatic hydroxyl groups is 5. The van der Waals surface area contributed by atoms with Crippen LogP contribution in [0.2, 0.25) is 0 Å². The Labute approximate surface area is 368 Å². The van der Waals surface area contributed by atoms with E-state index >= 15 is 0 Å². The van der Waals surface area contributed by atoms with Gasteiger partial charge in [-0.2, -0.15) is 0 Å². The molecule has 0 aromatic rings. The van der Waals surface area contributed by atoms with Gasteiger partial charge in [0.1, 0.15) is 42.7 Å². The minimum Gasteiger partial charge on any atom is -0.457 e. The maximum atomic E-state index is 12.8. The number of esters is 1. The topological polar surface area (TPSA) is 192 Å². The number of phosphoric ester groups is 1. The molecule has 1 fully saturated rings. The maximum Gasteiger partial charge on any atom is 0.472 e. The number of hydrogen-bond acceptors (Lipinski definition) is 11. The van der Waals surface area contributed by atoms with E-state index in [0.29, 0.717) is 13.0 Å². The maximum absolute atomic E-state index is 12.8. The summed E-state index contributed by atoms with van der Waals surface area (Å²) >= 11 is 0. The van der Waals surface area contributed by atoms with Crippen LogP contribution in [0.15, 0.2) is 60.8 Å². The van der Waals surface area contributed by atoms with Crippen molar-refractivity contribution in [3.05, 3.63) is 60.8 Å². The molecule has 13 heteroatoms. The van der Waals surface area contributed by atoms with Crippen molar-refractivity contribution >= 4 is 13.8 Å². The Bertz CT molecular complexity index is 1240. The van der Waals surface area contributed by atoms with Crippen LogP contribution in [0.3, 0.4) is 0 Å². The monoisotopic (exact) mass is 885 g/mol. The summed E-state index contributed by atoms with van der Waals surface area (Å²) in [4.78, 5) is 23.2. The molecule has 0 spiro atoms. The summed E-state index contributed by atoms with van der Waals surface area (Å²) in [5, 5.41) is 50.2. The van der Waals surface area contributed by atoms with Gasteiger partial charge in [0.15, 0.2) is 0 Å². The van der Waals surface area contributed by atoms with Crippen molar-refractivity contribution in [1.29, 1.82) is 0 Å². The van der Waals surface area contributed by atoms with E-state index in [1.807, 2.05) is 0 Å². The quantitative estimate of drug-likeness (QED) is 0.0148. The van der Waals surface area contributed by atoms with E-state index in [4.69, 9.17) is 18.5 Å². The van der Waals surface area contributed by atoms with Crippen LogP contribution in [0.25, 0.3) is 0 Å². The molecule has 6 atom stereocenters. The molecule has 6 N–H and O–H groups in total. The average Bonchev–Trinajstić information content (AvgIpc) is 3.24. The minimum absolute atomic E-state index is 0.0913. The molecule has 12 nitrogen and oxygen atoms in total. The van der Waals surface area contributed by atoms with Crippen molar-refractivity contribution < 1.29 is 58.3 Å². The Morgan fingerprint density at radius 2 is 0.967 bits per heavy atom. The van der Waals surface area contributed by atoms with Crippen LogP contribution in [-0.2, 0) is 27.9 Å². The fourth-order valence-corrected chi connectivity index (χ4v) is 7.84. The van der Waals surface area contributed by atoms with Crippen molar-refractivity contribution in [3.8, 4) is 0 Å². The summed E-state index contributed by atoms with van der Waals surface area (Å²) in [5.41, 5.74) is 0. The Kier molecular flexibility index (Phi) is 36.0. The fraction of sp³-hybridized carbons (Fsp3) is 0.771. The average molecular weight is 885 g/mol. The lowest BCUT2D eigenvalue weighted by Gasteiger charge is -2.41. The first kappa shape index (κ1) is 57.1. The number of allylic oxidation sites excluding steroid dienone is 10. The molecule has 354 valence electrons. The summed E-state index contributed by atoms with van der Waals surface area (Å²) in [5.74, 6) is -0.492. The molecule has 6 unspecified atom stereocenters. The van der Waals surface area contributed by atoms with Gasteiger partial charge in [0.25, 0.3) is 0 Å². The van der Waals surface area contributed by atoms with Crippen molar-refractivity contribution in [2.45, 2.75) is 217 Å². The smallest absolute Gasteiger partial charge is 0.457 e. The van der Waals surface area contributed by atoms with Crippen LogP contribution >= 0.6 is 7.82 Å². The van der Waals surface area contributed by atoms with Gasteiger partial charge in [-0.25, -0.2) is 4.57 Å². The van der Waals surface area contributed by atoms with Crippen molar-refractivity contribution in [2.24, 2.45) is 0 Å². The second-order valence-corrected chi connectivity index (χ2v) is 17.6. The third-order valence-corrected chi connectivity index (χ3v) is 11.6. The number of phosphoric acid groups is 1. The number of rotatable bonds is 39. The number of carbonyl (C=O) groups is 1. The SMILES string of the molecule is CC/C=C\C/C=C\C/C=C\CCCCCCCCOCC(COP(=O)(O)OC1C(O)C(O)C(O)C(O)C1O)OC(=O)CCCCCCCCC/C=C\C/C=C\CCCCCC. The largest absolute Gasteiger partial charge is 0.472 e. The number of hydrogen-bond donors (Lipinski definition) is 6. The molecule has 0 bridgehead atoms. The van der Waals surface area contributed by atoms with Crippen LogP contribution in [0.5, 0.6) is 0 Å². The second-order valence-electron chi connectivity index (χ2n) is 16.2. The number of carbonyl (C=O) groups excluding carboxylic acids is 1. The molecule has 0 heterocycles. The standard InChI is InChI=1S/C48H85O12P/c1-3-5-7-9-11-13-15-17-19-21-22-23-25-27-29-31-33-35-37-42(49)59-41(40-58-61(55,56)60-48-46(53)44(51)43(50)45(52)47(48)54)39-57-38-36-34-32-30-28-26-24-20-18-16-14-12-10-8-6-4-2/h6,8,12-15,18-21,41,43-48,50-54H,3-5,7,9-11,16-17,22-40H2,1-2H3,(H,55,56)/b8-6-,14-12-,15-13-,20-18-,21-19-. The van der Waals surface area contributed by atoms with Crippen LogP contribution < -0.4 is 0 Å². The van der Waals surface area contributed by atoms with E-state index in [1.54, 1.807) is 0 Å². The molecule has 1 aliphatic carbocycles. The van der Waals surface area contributed by atoms with Crippen LogP contribution in [-0.4, -0.2) is 98.9 Å². The molecular weight excluding hydrogens is 799 g/mol. The van der Waals surface area contributed by atoms with E-state index < -0.39 is 63.1 Å². The van der Waals surface area contributed by atoms with Crippen LogP contribution in [0.1, 0.15) is 174 Å². The van der Waals surface area contributed by atoms with Gasteiger partial charge in [0.05, 0.1) is 13.2 Å². The summed E-state index contributed by atoms with van der Waals surface area (Å²) < 4.78 is 34.2. The summed E-state index contributed by atoms with van der Waals surface area (Å²) in [6.07, 6.45) is 35.7. The molecule has 1 aliphatic rings. The molecule has 61 heavy (non-hydrogen) atoms. The van der Waals surface area contributed by atoms with Gasteiger partial charge < -0.3 is 39.9 Å². The molecule has 0 aromatic heterocycles. The summed E-state index contributed by atoms with van der Waals surface area (Å²) in [6.45, 7) is 4.09. The Hall–Kier alpha value is -1.96. The molecule has 1 rings (SSSR count). The fourth-order valence-electron chi connectivity index (χ4n) is 6.87. The highest BCUT2D eigenvalue weighted by molar-refractivity contribution is 7.47. The molecule has 0 aromatic carbocycles. The Balaban J connectivity index is 2.40. The first-order chi connectivity index (χ1) is 29.5. The highest BCUT2D eigenvalue weighted by Gasteiger charge is 2.51. The normalized spacial score (nSPS) is 22.7. The predicted octanol–water partition coefficient (Wildman–Crippen LogP) is 9.81. The molecule has 0 amide bonds. The third kappa shape index (κ3) is 30.7. The van der Waals surface area contributed by atoms with E-state index in [2.05, 4.69) is 74.6 Å². The van der Waals surface area contributed by atoms with Crippen LogP contribution in [0, 0.1) is 0 Å². The zero-order valence-corrected chi connectivity index (χ0v) is 38.6. The van der Waals surface area contributed by atoms with Gasteiger partial charge in [-0.05, 0) is 77.0 Å². The first-order valence-electron chi connectivity index (χ1n) is 23.6. The van der Waals surface area contributed by atoms with E-state index in [0.717, 1.165) is 103 Å². The summed E-state index contributed by atoms with van der Waals surface area (Å²) in [7, 11) is -5.03. The van der Waals surface area contributed by atoms with Gasteiger partial charge >= 0.3 is 13.8 Å². The first-order valence-corrected chi connectivity index (χ1v) is 25.1. The van der Waals surface area contributed by atoms with Crippen molar-refractivity contribution in [1.82, 2.24) is 0 Å². The molecule has 0 saturated heterocycles.